The van der Waals surface area contributed by atoms with E-state index in [2.05, 4.69) is 32.4 Å². The Bertz CT molecular complexity index is 1760. The molecule has 46 heavy (non-hydrogen) atoms. The Morgan fingerprint density at radius 2 is 1.63 bits per heavy atom. The van der Waals surface area contributed by atoms with Crippen molar-refractivity contribution in [3.8, 4) is 28.6 Å². The van der Waals surface area contributed by atoms with E-state index >= 15 is 0 Å². The fourth-order valence-electron chi connectivity index (χ4n) is 4.26. The van der Waals surface area contributed by atoms with E-state index in [0.717, 1.165) is 28.8 Å². The predicted molar refractivity (Wildman–Crippen MR) is 160 cm³/mol. The molecule has 13 heteroatoms. The quantitative estimate of drug-likeness (QED) is 0.153. The molecule has 0 radical (unpaired) electrons. The lowest BCUT2D eigenvalue weighted by Gasteiger charge is -2.21. The fourth-order valence-corrected chi connectivity index (χ4v) is 4.26. The number of carboxylic acids is 1. The number of benzene rings is 2. The van der Waals surface area contributed by atoms with Crippen LogP contribution in [0, 0.1) is 12.1 Å². The minimum absolute atomic E-state index is 0.0737. The number of anilines is 1. The highest BCUT2D eigenvalue weighted by atomic mass is 19.4. The molecule has 2 aromatic heterocycles. The van der Waals surface area contributed by atoms with Gasteiger partial charge in [-0.15, -0.1) is 0 Å². The number of carboxylic acid groups (broad SMARTS) is 1. The van der Waals surface area contributed by atoms with Gasteiger partial charge in [0.05, 0.1) is 5.56 Å². The summed E-state index contributed by atoms with van der Waals surface area (Å²) < 4.78 is 55.4. The van der Waals surface area contributed by atoms with Gasteiger partial charge in [0, 0.05) is 35.7 Å². The largest absolute Gasteiger partial charge is 0.478 e. The smallest absolute Gasteiger partial charge is 0.416 e. The monoisotopic (exact) mass is 633 g/mol. The maximum Gasteiger partial charge on any atom is 0.416 e. The molecule has 2 heterocycles. The fraction of sp³-hybridized carbons (Fsp3) is 0.303. The zero-order valence-electron chi connectivity index (χ0n) is 25.4. The molecule has 10 nitrogen and oxygen atoms in total. The molecule has 0 saturated heterocycles. The zero-order valence-corrected chi connectivity index (χ0v) is 25.4. The van der Waals surface area contributed by atoms with Crippen LogP contribution in [0.5, 0.6) is 5.75 Å². The molecule has 0 bridgehead atoms. The summed E-state index contributed by atoms with van der Waals surface area (Å²) in [5.41, 5.74) is 0.603. The van der Waals surface area contributed by atoms with Crippen molar-refractivity contribution in [2.45, 2.75) is 58.4 Å². The lowest BCUT2D eigenvalue weighted by molar-refractivity contribution is -0.152. The van der Waals surface area contributed by atoms with E-state index in [0.29, 0.717) is 36.8 Å². The predicted octanol–water partition coefficient (Wildman–Crippen LogP) is 7.02. The maximum atomic E-state index is 13.0. The van der Waals surface area contributed by atoms with Gasteiger partial charge in [0.15, 0.2) is 5.75 Å². The van der Waals surface area contributed by atoms with Crippen LogP contribution < -0.4 is 9.64 Å². The normalized spacial score (nSPS) is 11.8. The molecule has 1 N–H and O–H groups in total. The van der Waals surface area contributed by atoms with Crippen molar-refractivity contribution in [1.82, 2.24) is 20.3 Å². The van der Waals surface area contributed by atoms with Gasteiger partial charge in [0.25, 0.3) is 11.8 Å². The van der Waals surface area contributed by atoms with E-state index in [1.54, 1.807) is 12.1 Å². The number of ether oxygens (including phenoxy) is 1. The number of alkyl halides is 3. The molecule has 0 atom stereocenters. The van der Waals surface area contributed by atoms with Crippen LogP contribution in [0.3, 0.4) is 0 Å². The second-order valence-electron chi connectivity index (χ2n) is 11.3. The summed E-state index contributed by atoms with van der Waals surface area (Å²) in [5, 5.41) is 17.5. The van der Waals surface area contributed by atoms with Gasteiger partial charge in [0.2, 0.25) is 17.3 Å². The van der Waals surface area contributed by atoms with Gasteiger partial charge in [-0.3, -0.25) is 0 Å². The van der Waals surface area contributed by atoms with Crippen molar-refractivity contribution in [1.29, 1.82) is 0 Å². The van der Waals surface area contributed by atoms with E-state index in [4.69, 9.17) is 13.8 Å². The molecular formula is C33H30F3N5O5. The van der Waals surface area contributed by atoms with Crippen LogP contribution in [0.4, 0.5) is 19.1 Å². The van der Waals surface area contributed by atoms with E-state index < -0.39 is 23.3 Å². The first kappa shape index (κ1) is 32.0. The van der Waals surface area contributed by atoms with Crippen LogP contribution in [0.2, 0.25) is 0 Å². The van der Waals surface area contributed by atoms with Gasteiger partial charge in [-0.05, 0) is 73.5 Å². The van der Waals surface area contributed by atoms with Crippen LogP contribution in [-0.4, -0.2) is 43.5 Å². The van der Waals surface area contributed by atoms with Gasteiger partial charge in [-0.1, -0.05) is 49.3 Å². The summed E-state index contributed by atoms with van der Waals surface area (Å²) >= 11 is 0. The molecule has 0 aliphatic carbocycles. The van der Waals surface area contributed by atoms with E-state index in [1.165, 1.54) is 26.0 Å². The first-order valence-electron chi connectivity index (χ1n) is 14.3. The van der Waals surface area contributed by atoms with Crippen LogP contribution in [0.1, 0.15) is 56.2 Å². The molecule has 238 valence electrons. The number of hydrogen-bond donors (Lipinski definition) is 1. The third-order valence-corrected chi connectivity index (χ3v) is 6.99. The lowest BCUT2D eigenvalue weighted by atomic mass is 10.1. The highest BCUT2D eigenvalue weighted by Gasteiger charge is 2.31. The van der Waals surface area contributed by atoms with Crippen molar-refractivity contribution in [3.63, 3.8) is 0 Å². The summed E-state index contributed by atoms with van der Waals surface area (Å²) in [7, 11) is 0. The van der Waals surface area contributed by atoms with Gasteiger partial charge < -0.3 is 23.8 Å². The molecule has 5 aromatic rings. The highest BCUT2D eigenvalue weighted by Crippen LogP contribution is 2.31. The number of aliphatic carboxylic acids is 1. The number of halogens is 3. The third-order valence-electron chi connectivity index (χ3n) is 6.99. The molecule has 3 aromatic carbocycles. The maximum absolute atomic E-state index is 13.0. The van der Waals surface area contributed by atoms with Crippen molar-refractivity contribution in [3.05, 3.63) is 95.4 Å². The van der Waals surface area contributed by atoms with Crippen LogP contribution in [0.15, 0.2) is 69.7 Å². The number of rotatable bonds is 12. The lowest BCUT2D eigenvalue weighted by Crippen LogP contribution is -2.37. The summed E-state index contributed by atoms with van der Waals surface area (Å²) in [6.07, 6.45) is -3.99. The number of nitrogens with zero attached hydrogens (tertiary/aromatic N) is 5. The molecular weight excluding hydrogens is 603 g/mol. The van der Waals surface area contributed by atoms with Crippen LogP contribution in [0.25, 0.3) is 22.8 Å². The highest BCUT2D eigenvalue weighted by molar-refractivity contribution is 5.76. The average Bonchev–Trinajstić information content (AvgIpc) is 3.71. The summed E-state index contributed by atoms with van der Waals surface area (Å²) in [6, 6.07) is 21.3. The van der Waals surface area contributed by atoms with E-state index in [1.807, 2.05) is 43.0 Å². The standard InChI is InChI=1S/C33H30F3N5O5/c1-20(2)28-37-27(39-45-28)23-9-5-22(6-10-23)19-41(18-17-21-7-15-26(16-8-21)44-32(3,4)30(42)43)31-38-29(46-40-31)24-11-13-25(14-12-24)33(34,35)36/h5-7,9-15,20H,17-19H2,1-4H3,(H,42,43). The Morgan fingerprint density at radius 1 is 0.935 bits per heavy atom. The van der Waals surface area contributed by atoms with E-state index in [9.17, 15) is 23.1 Å². The summed E-state index contributed by atoms with van der Waals surface area (Å²) in [5.74, 6) is 0.585. The van der Waals surface area contributed by atoms with Gasteiger partial charge in [-0.2, -0.15) is 23.1 Å². The molecule has 0 saturated carbocycles. The molecule has 0 aliphatic heterocycles. The van der Waals surface area contributed by atoms with Gasteiger partial charge >= 0.3 is 12.1 Å². The second kappa shape index (κ2) is 12.9. The van der Waals surface area contributed by atoms with Crippen molar-refractivity contribution < 1.29 is 36.9 Å². The Kier molecular flexibility index (Phi) is 9.00. The van der Waals surface area contributed by atoms with Crippen molar-refractivity contribution >= 4 is 11.9 Å². The zero-order chi connectivity index (χ0) is 33.1. The number of aromatic nitrogens is 4. The first-order valence-corrected chi connectivity index (χ1v) is 14.3. The summed E-state index contributed by atoms with van der Waals surface area (Å²) in [6.45, 7) is 7.59. The Balaban J connectivity index is 1.35. The first-order chi connectivity index (χ1) is 21.8. The van der Waals surface area contributed by atoms with Crippen molar-refractivity contribution in [2.24, 2.45) is 0 Å². The molecule has 0 unspecified atom stereocenters. The topological polar surface area (TPSA) is 128 Å². The number of carbonyl (C=O) groups is 1. The molecule has 0 aliphatic rings. The Morgan fingerprint density at radius 3 is 2.22 bits per heavy atom. The second-order valence-corrected chi connectivity index (χ2v) is 11.3. The third kappa shape index (κ3) is 7.63. The molecule has 0 spiro atoms. The minimum Gasteiger partial charge on any atom is -0.478 e. The molecule has 0 amide bonds. The molecule has 5 rings (SSSR count). The number of hydrogen-bond acceptors (Lipinski definition) is 9. The van der Waals surface area contributed by atoms with E-state index in [-0.39, 0.29) is 23.5 Å². The minimum atomic E-state index is -4.46. The van der Waals surface area contributed by atoms with Crippen LogP contribution in [-0.2, 0) is 23.9 Å². The SMILES string of the molecule is CC(C)c1nc(-c2ccc(CN(CCc3c#cc(OC(C)(C)C(=O)O)cc3)c3noc(-c4ccc(C(F)(F)F)cc4)n3)cc2)no1. The Hall–Kier alpha value is -5.38. The van der Waals surface area contributed by atoms with Crippen molar-refractivity contribution in [2.75, 3.05) is 11.4 Å². The van der Waals surface area contributed by atoms with Gasteiger partial charge in [0.1, 0.15) is 0 Å². The molecule has 0 fully saturated rings. The average molecular weight is 634 g/mol. The Labute approximate surface area is 262 Å². The van der Waals surface area contributed by atoms with Gasteiger partial charge in [-0.25, -0.2) is 4.79 Å². The van der Waals surface area contributed by atoms with Crippen LogP contribution >= 0.6 is 0 Å². The summed E-state index contributed by atoms with van der Waals surface area (Å²) in [4.78, 5) is 22.2.